The molecule has 0 bridgehead atoms. The maximum atomic E-state index is 13.4. The Labute approximate surface area is 233 Å². The van der Waals surface area contributed by atoms with Crippen LogP contribution >= 0.6 is 11.6 Å². The first-order valence-electron chi connectivity index (χ1n) is 13.9. The predicted octanol–water partition coefficient (Wildman–Crippen LogP) is 6.01. The first-order chi connectivity index (χ1) is 18.5. The molecule has 0 atom stereocenters. The average Bonchev–Trinajstić information content (AvgIpc) is 2.95. The summed E-state index contributed by atoms with van der Waals surface area (Å²) in [6.45, 7) is 7.14. The van der Waals surface area contributed by atoms with E-state index >= 15 is 0 Å². The van der Waals surface area contributed by atoms with Crippen LogP contribution in [0.25, 0.3) is 6.08 Å². The molecule has 1 fully saturated rings. The lowest BCUT2D eigenvalue weighted by Gasteiger charge is -2.36. The smallest absolute Gasteiger partial charge is 0.255 e. The number of hydrogen-bond acceptors (Lipinski definition) is 4. The Kier molecular flexibility index (Phi) is 12.7. The van der Waals surface area contributed by atoms with Crippen molar-refractivity contribution in [2.24, 2.45) is 0 Å². The molecule has 1 saturated heterocycles. The molecule has 0 spiro atoms. The number of ether oxygens (including phenoxy) is 1. The average molecular weight is 540 g/mol. The van der Waals surface area contributed by atoms with E-state index in [1.54, 1.807) is 19.2 Å². The Morgan fingerprint density at radius 2 is 1.68 bits per heavy atom. The molecule has 0 N–H and O–H groups in total. The van der Waals surface area contributed by atoms with Crippen molar-refractivity contribution in [3.63, 3.8) is 0 Å². The summed E-state index contributed by atoms with van der Waals surface area (Å²) in [6, 6.07) is 15.0. The van der Waals surface area contributed by atoms with Crippen LogP contribution in [-0.4, -0.2) is 79.4 Å². The van der Waals surface area contributed by atoms with Crippen LogP contribution in [0, 0.1) is 0 Å². The highest BCUT2D eigenvalue weighted by molar-refractivity contribution is 6.33. The normalized spacial score (nSPS) is 14.1. The first kappa shape index (κ1) is 29.7. The highest BCUT2D eigenvalue weighted by Crippen LogP contribution is 2.20. The number of piperazine rings is 1. The molecule has 206 valence electrons. The van der Waals surface area contributed by atoms with Crippen LogP contribution in [0.3, 0.4) is 0 Å². The number of carbonyl (C=O) groups is 2. The SMILES string of the molecule is CCCCCCCC(=O)N1CCN(CCN(C/C=C/c2ccccc2OC)C(=O)c2ccccc2Cl)CC1. The lowest BCUT2D eigenvalue weighted by Crippen LogP contribution is -2.50. The van der Waals surface area contributed by atoms with Gasteiger partial charge in [0.25, 0.3) is 5.91 Å². The topological polar surface area (TPSA) is 53.1 Å². The summed E-state index contributed by atoms with van der Waals surface area (Å²) in [5.74, 6) is 0.983. The number of amides is 2. The van der Waals surface area contributed by atoms with Crippen molar-refractivity contribution in [2.45, 2.75) is 45.4 Å². The summed E-state index contributed by atoms with van der Waals surface area (Å²) >= 11 is 6.36. The molecule has 1 aliphatic rings. The van der Waals surface area contributed by atoms with Crippen molar-refractivity contribution in [1.82, 2.24) is 14.7 Å². The minimum Gasteiger partial charge on any atom is -0.496 e. The molecule has 2 aromatic carbocycles. The number of methoxy groups -OCH3 is 1. The van der Waals surface area contributed by atoms with Crippen LogP contribution in [0.1, 0.15) is 61.4 Å². The third kappa shape index (κ3) is 9.17. The molecular formula is C31H42ClN3O3. The van der Waals surface area contributed by atoms with Crippen LogP contribution < -0.4 is 4.74 Å². The molecule has 1 aliphatic heterocycles. The number of carbonyl (C=O) groups excluding carboxylic acids is 2. The maximum Gasteiger partial charge on any atom is 0.255 e. The van der Waals surface area contributed by atoms with E-state index in [0.717, 1.165) is 56.9 Å². The Hall–Kier alpha value is -2.83. The first-order valence-corrected chi connectivity index (χ1v) is 14.2. The van der Waals surface area contributed by atoms with Crippen molar-refractivity contribution in [3.05, 3.63) is 70.8 Å². The molecule has 0 radical (unpaired) electrons. The van der Waals surface area contributed by atoms with E-state index < -0.39 is 0 Å². The fourth-order valence-corrected chi connectivity index (χ4v) is 4.93. The third-order valence-corrected chi connectivity index (χ3v) is 7.39. The van der Waals surface area contributed by atoms with E-state index in [0.29, 0.717) is 30.1 Å². The van der Waals surface area contributed by atoms with Gasteiger partial charge in [0.1, 0.15) is 5.75 Å². The second kappa shape index (κ2) is 16.2. The number of nitrogens with zero attached hydrogens (tertiary/aromatic N) is 3. The number of para-hydroxylation sites is 1. The summed E-state index contributed by atoms with van der Waals surface area (Å²) in [5.41, 5.74) is 1.47. The van der Waals surface area contributed by atoms with Gasteiger partial charge in [-0.25, -0.2) is 0 Å². The molecule has 38 heavy (non-hydrogen) atoms. The van der Waals surface area contributed by atoms with Crippen molar-refractivity contribution in [2.75, 3.05) is 52.9 Å². The molecule has 1 heterocycles. The van der Waals surface area contributed by atoms with Crippen LogP contribution in [0.2, 0.25) is 5.02 Å². The zero-order valence-corrected chi connectivity index (χ0v) is 23.7. The van der Waals surface area contributed by atoms with Crippen LogP contribution in [-0.2, 0) is 4.79 Å². The second-order valence-corrected chi connectivity index (χ2v) is 10.2. The van der Waals surface area contributed by atoms with Gasteiger partial charge in [0.05, 0.1) is 17.7 Å². The largest absolute Gasteiger partial charge is 0.496 e. The number of hydrogen-bond donors (Lipinski definition) is 0. The van der Waals surface area contributed by atoms with Gasteiger partial charge in [-0.3, -0.25) is 14.5 Å². The van der Waals surface area contributed by atoms with E-state index in [4.69, 9.17) is 16.3 Å². The number of benzene rings is 2. The Balaban J connectivity index is 1.55. The maximum absolute atomic E-state index is 13.4. The van der Waals surface area contributed by atoms with Crippen LogP contribution in [0.5, 0.6) is 5.75 Å². The van der Waals surface area contributed by atoms with Gasteiger partial charge in [-0.1, -0.05) is 86.7 Å². The lowest BCUT2D eigenvalue weighted by molar-refractivity contribution is -0.133. The summed E-state index contributed by atoms with van der Waals surface area (Å²) < 4.78 is 5.44. The van der Waals surface area contributed by atoms with Crippen molar-refractivity contribution >= 4 is 29.5 Å². The van der Waals surface area contributed by atoms with Gasteiger partial charge in [0, 0.05) is 57.8 Å². The monoisotopic (exact) mass is 539 g/mol. The van der Waals surface area contributed by atoms with E-state index in [-0.39, 0.29) is 11.8 Å². The van der Waals surface area contributed by atoms with Crippen molar-refractivity contribution in [1.29, 1.82) is 0 Å². The van der Waals surface area contributed by atoms with E-state index in [1.807, 2.05) is 58.4 Å². The van der Waals surface area contributed by atoms with E-state index in [9.17, 15) is 9.59 Å². The molecular weight excluding hydrogens is 498 g/mol. The van der Waals surface area contributed by atoms with Gasteiger partial charge in [-0.15, -0.1) is 0 Å². The highest BCUT2D eigenvalue weighted by Gasteiger charge is 2.23. The molecule has 2 amide bonds. The van der Waals surface area contributed by atoms with Crippen LogP contribution in [0.4, 0.5) is 0 Å². The zero-order chi connectivity index (χ0) is 27.2. The summed E-state index contributed by atoms with van der Waals surface area (Å²) in [4.78, 5) is 32.2. The summed E-state index contributed by atoms with van der Waals surface area (Å²) in [5, 5.41) is 0.457. The molecule has 6 nitrogen and oxygen atoms in total. The number of halogens is 1. The van der Waals surface area contributed by atoms with Gasteiger partial charge in [0.15, 0.2) is 0 Å². The molecule has 2 aromatic rings. The minimum absolute atomic E-state index is 0.0860. The van der Waals surface area contributed by atoms with Crippen LogP contribution in [0.15, 0.2) is 54.6 Å². The highest BCUT2D eigenvalue weighted by atomic mass is 35.5. The summed E-state index contributed by atoms with van der Waals surface area (Å²) in [6.07, 6.45) is 10.4. The number of rotatable bonds is 14. The molecule has 0 aliphatic carbocycles. The molecule has 0 aromatic heterocycles. The summed E-state index contributed by atoms with van der Waals surface area (Å²) in [7, 11) is 1.65. The quantitative estimate of drug-likeness (QED) is 0.276. The molecule has 7 heteroatoms. The minimum atomic E-state index is -0.0860. The Morgan fingerprint density at radius 3 is 2.42 bits per heavy atom. The third-order valence-electron chi connectivity index (χ3n) is 7.06. The Morgan fingerprint density at radius 1 is 0.974 bits per heavy atom. The van der Waals surface area contributed by atoms with E-state index in [1.165, 1.54) is 19.3 Å². The van der Waals surface area contributed by atoms with Gasteiger partial charge < -0.3 is 14.5 Å². The van der Waals surface area contributed by atoms with Gasteiger partial charge in [0.2, 0.25) is 5.91 Å². The van der Waals surface area contributed by atoms with Gasteiger partial charge in [-0.2, -0.15) is 0 Å². The van der Waals surface area contributed by atoms with Crippen molar-refractivity contribution < 1.29 is 14.3 Å². The van der Waals surface area contributed by atoms with Crippen molar-refractivity contribution in [3.8, 4) is 5.75 Å². The number of unbranched alkanes of at least 4 members (excludes halogenated alkanes) is 4. The predicted molar refractivity (Wildman–Crippen MR) is 156 cm³/mol. The van der Waals surface area contributed by atoms with E-state index in [2.05, 4.69) is 11.8 Å². The fourth-order valence-electron chi connectivity index (χ4n) is 4.71. The second-order valence-electron chi connectivity index (χ2n) is 9.76. The molecule has 3 rings (SSSR count). The zero-order valence-electron chi connectivity index (χ0n) is 22.9. The molecule has 0 unspecified atom stereocenters. The Bertz CT molecular complexity index is 1050. The molecule has 0 saturated carbocycles. The fraction of sp³-hybridized carbons (Fsp3) is 0.484. The standard InChI is InChI=1S/C31H42ClN3O3/c1-3-4-5-6-7-18-30(36)34-23-20-33(21-24-34)22-25-35(31(37)27-15-9-10-16-28(27)32)19-12-14-26-13-8-11-17-29(26)38-2/h8-17H,3-7,18-25H2,1-2H3/b14-12+. The van der Waals surface area contributed by atoms with Gasteiger partial charge >= 0.3 is 0 Å². The lowest BCUT2D eigenvalue weighted by atomic mass is 10.1. The van der Waals surface area contributed by atoms with Gasteiger partial charge in [-0.05, 0) is 24.6 Å².